The number of H-pyrrole nitrogens is 1. The summed E-state index contributed by atoms with van der Waals surface area (Å²) < 4.78 is 81.9. The minimum Gasteiger partial charge on any atom is -0.377 e. The molecule has 3 heterocycles. The maximum Gasteiger partial charge on any atom is 0.490 e. The van der Waals surface area contributed by atoms with Crippen molar-refractivity contribution in [1.82, 2.24) is 19.5 Å². The summed E-state index contributed by atoms with van der Waals surface area (Å²) >= 11 is 0. The highest BCUT2D eigenvalue weighted by Crippen LogP contribution is 2.75. The molecule has 1 aliphatic heterocycles. The first-order chi connectivity index (χ1) is 15.8. The molecule has 2 fully saturated rings. The molecule has 1 saturated heterocycles. The van der Waals surface area contributed by atoms with Gasteiger partial charge in [-0.1, -0.05) is 5.92 Å². The van der Waals surface area contributed by atoms with Crippen LogP contribution >= 0.6 is 23.5 Å². The summed E-state index contributed by atoms with van der Waals surface area (Å²) in [5.74, 6) is -2.74. The fraction of sp³-hybridized carbons (Fsp3) is 0.417. The molecule has 7 atom stereocenters. The SMILES string of the molecule is C#C[C@]1(F)[C@H](n2cnc3c(=O)[nH]c(N)nc32)O[C@]2(F)C(OP(=O)(O)OP(=O)(O)OP(=O)(O)O)[C@@]21O. The van der Waals surface area contributed by atoms with E-state index < -0.39 is 75.6 Å². The number of nitrogens with one attached hydrogen (secondary N) is 1. The van der Waals surface area contributed by atoms with Crippen molar-refractivity contribution in [2.75, 3.05) is 5.73 Å². The number of nitrogen functional groups attached to an aromatic ring is 1. The molecule has 0 spiro atoms. The number of terminal acetylenes is 1. The standard InChI is InChI=1S/C12H12F2N5O13P3/c1-2-10(13)8(19-3-16-4-5(19)17-9(15)18-6(4)20)29-12(14)7(11(10,12)21)30-34(25,26)32-35(27,28)31-33(22,23)24/h1,3,7-8,21H,(H,25,26)(H,27,28)(H2,22,23,24)(H3,15,17,18,20)/t7?,8-,10+,11+,12-/m1/s1. The molecule has 1 aliphatic carbocycles. The average molecular weight is 565 g/mol. The normalized spacial score (nSPS) is 35.7. The Balaban J connectivity index is 1.65. The summed E-state index contributed by atoms with van der Waals surface area (Å²) in [4.78, 5) is 57.2. The Morgan fingerprint density at radius 1 is 1.23 bits per heavy atom. The van der Waals surface area contributed by atoms with Crippen LogP contribution in [0, 0.1) is 12.3 Å². The first-order valence-electron chi connectivity index (χ1n) is 8.60. The lowest BCUT2D eigenvalue weighted by molar-refractivity contribution is -0.150. The molecule has 2 aliphatic rings. The molecule has 0 aromatic carbocycles. The minimum atomic E-state index is -6.02. The summed E-state index contributed by atoms with van der Waals surface area (Å²) in [6, 6.07) is 0. The number of nitrogens with zero attached hydrogens (tertiary/aromatic N) is 3. The molecule has 4 rings (SSSR count). The Labute approximate surface area is 190 Å². The maximum atomic E-state index is 15.9. The third-order valence-corrected chi connectivity index (χ3v) is 8.70. The van der Waals surface area contributed by atoms with Crippen molar-refractivity contribution < 1.29 is 65.0 Å². The third-order valence-electron chi connectivity index (χ3n) is 4.90. The molecule has 23 heteroatoms. The second-order valence-electron chi connectivity index (χ2n) is 7.09. The predicted octanol–water partition coefficient (Wildman–Crippen LogP) is -1.31. The Hall–Kier alpha value is -2.10. The van der Waals surface area contributed by atoms with Crippen molar-refractivity contribution in [1.29, 1.82) is 0 Å². The van der Waals surface area contributed by atoms with Crippen LogP contribution in [-0.2, 0) is 31.6 Å². The Morgan fingerprint density at radius 3 is 2.43 bits per heavy atom. The van der Waals surface area contributed by atoms with Gasteiger partial charge >= 0.3 is 23.5 Å². The summed E-state index contributed by atoms with van der Waals surface area (Å²) in [6.45, 7) is 0. The van der Waals surface area contributed by atoms with Crippen molar-refractivity contribution in [3.8, 4) is 12.3 Å². The highest BCUT2D eigenvalue weighted by Gasteiger charge is 2.98. The Bertz CT molecular complexity index is 1490. The molecule has 2 aromatic heterocycles. The number of ether oxygens (including phenoxy) is 1. The number of phosphoric acid groups is 3. The van der Waals surface area contributed by atoms with Gasteiger partial charge in [0.15, 0.2) is 23.5 Å². The highest BCUT2D eigenvalue weighted by molar-refractivity contribution is 7.66. The van der Waals surface area contributed by atoms with Gasteiger partial charge in [0.1, 0.15) is 0 Å². The van der Waals surface area contributed by atoms with Gasteiger partial charge in [-0.15, -0.1) is 6.42 Å². The number of aromatic amines is 1. The topological polar surface area (TPSA) is 279 Å². The highest BCUT2D eigenvalue weighted by atomic mass is 31.3. The van der Waals surface area contributed by atoms with Crippen molar-refractivity contribution in [3.05, 3.63) is 16.7 Å². The van der Waals surface area contributed by atoms with Gasteiger partial charge in [0, 0.05) is 0 Å². The van der Waals surface area contributed by atoms with E-state index in [1.807, 2.05) is 0 Å². The number of anilines is 1. The van der Waals surface area contributed by atoms with Crippen LogP contribution in [0.3, 0.4) is 0 Å². The zero-order valence-electron chi connectivity index (χ0n) is 16.3. The molecular weight excluding hydrogens is 553 g/mol. The first kappa shape index (κ1) is 26.0. The number of fused-ring (bicyclic) bond motifs is 2. The molecule has 0 bridgehead atoms. The lowest BCUT2D eigenvalue weighted by atomic mass is 9.96. The second-order valence-corrected chi connectivity index (χ2v) is 11.5. The molecule has 2 aromatic rings. The summed E-state index contributed by atoms with van der Waals surface area (Å²) in [5, 5.41) is 10.6. The van der Waals surface area contributed by atoms with Crippen LogP contribution in [0.15, 0.2) is 11.1 Å². The first-order valence-corrected chi connectivity index (χ1v) is 13.1. The molecule has 8 N–H and O–H groups in total. The van der Waals surface area contributed by atoms with Gasteiger partial charge in [-0.25, -0.2) is 27.5 Å². The van der Waals surface area contributed by atoms with Crippen LogP contribution in [0.1, 0.15) is 6.23 Å². The van der Waals surface area contributed by atoms with Crippen molar-refractivity contribution in [2.45, 2.75) is 29.5 Å². The molecule has 18 nitrogen and oxygen atoms in total. The monoisotopic (exact) mass is 565 g/mol. The van der Waals surface area contributed by atoms with Crippen LogP contribution in [-0.4, -0.2) is 67.4 Å². The quantitative estimate of drug-likeness (QED) is 0.152. The smallest absolute Gasteiger partial charge is 0.377 e. The van der Waals surface area contributed by atoms with Gasteiger partial charge in [0.2, 0.25) is 11.5 Å². The van der Waals surface area contributed by atoms with Crippen molar-refractivity contribution in [2.24, 2.45) is 0 Å². The van der Waals surface area contributed by atoms with E-state index in [1.54, 1.807) is 0 Å². The minimum absolute atomic E-state index is 0.410. The van der Waals surface area contributed by atoms with Crippen LogP contribution in [0.5, 0.6) is 0 Å². The number of aliphatic hydroxyl groups is 1. The molecule has 192 valence electrons. The number of halogens is 2. The number of hydrogen-bond acceptors (Lipinski definition) is 12. The lowest BCUT2D eigenvalue weighted by Crippen LogP contribution is -2.46. The third kappa shape index (κ3) is 3.86. The van der Waals surface area contributed by atoms with Crippen molar-refractivity contribution >= 4 is 40.6 Å². The molecule has 1 saturated carbocycles. The molecular formula is C12H12F2N5O13P3. The average Bonchev–Trinajstić information content (AvgIpc) is 2.95. The summed E-state index contributed by atoms with van der Waals surface area (Å²) in [5.41, 5.74) is -3.52. The van der Waals surface area contributed by atoms with Crippen molar-refractivity contribution in [3.63, 3.8) is 0 Å². The zero-order chi connectivity index (χ0) is 26.4. The van der Waals surface area contributed by atoms with Crippen LogP contribution in [0.4, 0.5) is 14.7 Å². The number of imidazole rings is 1. The van der Waals surface area contributed by atoms with Crippen LogP contribution in [0.2, 0.25) is 0 Å². The zero-order valence-corrected chi connectivity index (χ0v) is 19.0. The Morgan fingerprint density at radius 2 is 1.86 bits per heavy atom. The lowest BCUT2D eigenvalue weighted by Gasteiger charge is -2.29. The van der Waals surface area contributed by atoms with Gasteiger partial charge in [0.25, 0.3) is 17.1 Å². The fourth-order valence-corrected chi connectivity index (χ4v) is 6.73. The van der Waals surface area contributed by atoms with Gasteiger partial charge in [-0.3, -0.25) is 18.9 Å². The van der Waals surface area contributed by atoms with E-state index in [1.165, 1.54) is 5.92 Å². The van der Waals surface area contributed by atoms with E-state index in [9.17, 15) is 28.5 Å². The van der Waals surface area contributed by atoms with E-state index in [0.717, 1.165) is 6.33 Å². The maximum absolute atomic E-state index is 15.9. The number of alkyl halides is 2. The molecule has 35 heavy (non-hydrogen) atoms. The van der Waals surface area contributed by atoms with Gasteiger partial charge in [-0.05, 0) is 0 Å². The van der Waals surface area contributed by atoms with E-state index in [0.29, 0.717) is 4.57 Å². The Kier molecular flexibility index (Phi) is 5.54. The van der Waals surface area contributed by atoms with E-state index in [4.69, 9.17) is 31.6 Å². The molecule has 0 amide bonds. The van der Waals surface area contributed by atoms with Gasteiger partial charge < -0.3 is 35.2 Å². The predicted molar refractivity (Wildman–Crippen MR) is 103 cm³/mol. The van der Waals surface area contributed by atoms with Gasteiger partial charge in [-0.2, -0.15) is 13.6 Å². The number of rotatable bonds is 7. The van der Waals surface area contributed by atoms with Crippen LogP contribution < -0.4 is 11.3 Å². The van der Waals surface area contributed by atoms with E-state index in [2.05, 4.69) is 28.1 Å². The number of aromatic nitrogens is 4. The number of hydrogen-bond donors (Lipinski definition) is 7. The molecule has 3 unspecified atom stereocenters. The number of phosphoric ester groups is 1. The number of nitrogens with two attached hydrogens (primary N) is 1. The van der Waals surface area contributed by atoms with E-state index in [-0.39, 0.29) is 0 Å². The largest absolute Gasteiger partial charge is 0.490 e. The fourth-order valence-electron chi connectivity index (χ4n) is 3.51. The second kappa shape index (κ2) is 7.46. The summed E-state index contributed by atoms with van der Waals surface area (Å²) in [6.07, 6.45) is 0.800. The van der Waals surface area contributed by atoms with Gasteiger partial charge in [0.05, 0.1) is 6.33 Å². The molecule has 0 radical (unpaired) electrons. The van der Waals surface area contributed by atoms with Crippen LogP contribution in [0.25, 0.3) is 11.2 Å². The summed E-state index contributed by atoms with van der Waals surface area (Å²) in [7, 11) is -17.8. The van der Waals surface area contributed by atoms with E-state index >= 15 is 8.78 Å².